The summed E-state index contributed by atoms with van der Waals surface area (Å²) < 4.78 is 87.5. The van der Waals surface area contributed by atoms with Gasteiger partial charge >= 0.3 is 24.4 Å². The first-order chi connectivity index (χ1) is 21.6. The Labute approximate surface area is 262 Å². The van der Waals surface area contributed by atoms with Crippen molar-refractivity contribution in [2.45, 2.75) is 88.9 Å². The zero-order valence-electron chi connectivity index (χ0n) is 25.6. The van der Waals surface area contributed by atoms with Crippen molar-refractivity contribution in [2.75, 3.05) is 25.1 Å². The van der Waals surface area contributed by atoms with E-state index in [4.69, 9.17) is 9.84 Å². The molecule has 0 aliphatic carbocycles. The number of likely N-dealkylation sites (N-methyl/N-ethyl adjacent to an activating group) is 1. The summed E-state index contributed by atoms with van der Waals surface area (Å²) in [5.41, 5.74) is -2.33. The van der Waals surface area contributed by atoms with E-state index in [0.717, 1.165) is 5.56 Å². The summed E-state index contributed by atoms with van der Waals surface area (Å²) in [7, 11) is 1.81. The zero-order chi connectivity index (χ0) is 33.8. The van der Waals surface area contributed by atoms with Gasteiger partial charge in [0, 0.05) is 62.8 Å². The van der Waals surface area contributed by atoms with Crippen LogP contribution in [0.2, 0.25) is 0 Å². The van der Waals surface area contributed by atoms with Crippen LogP contribution < -0.4 is 4.90 Å². The quantitative estimate of drug-likeness (QED) is 0.302. The van der Waals surface area contributed by atoms with Crippen LogP contribution in [0.4, 0.5) is 37.1 Å². The molecular weight excluding hydrogens is 622 g/mol. The highest BCUT2D eigenvalue weighted by Crippen LogP contribution is 2.38. The van der Waals surface area contributed by atoms with Crippen molar-refractivity contribution in [1.82, 2.24) is 19.9 Å². The third-order valence-electron chi connectivity index (χ3n) is 8.26. The van der Waals surface area contributed by atoms with Crippen molar-refractivity contribution < 1.29 is 45.8 Å². The first-order valence-electron chi connectivity index (χ1n) is 14.9. The average molecular weight is 659 g/mol. The Morgan fingerprint density at radius 2 is 1.54 bits per heavy atom. The van der Waals surface area contributed by atoms with Crippen molar-refractivity contribution in [2.24, 2.45) is 5.10 Å². The van der Waals surface area contributed by atoms with Gasteiger partial charge in [-0.15, -0.1) is 0 Å². The fourth-order valence-electron chi connectivity index (χ4n) is 5.94. The normalized spacial score (nSPS) is 21.8. The van der Waals surface area contributed by atoms with Gasteiger partial charge in [0.05, 0.1) is 17.5 Å². The molecule has 1 saturated heterocycles. The molecule has 1 fully saturated rings. The first-order valence-corrected chi connectivity index (χ1v) is 14.9. The molecule has 2 aliphatic heterocycles. The van der Waals surface area contributed by atoms with Crippen molar-refractivity contribution in [3.63, 3.8) is 0 Å². The molecule has 0 radical (unpaired) electrons. The smallest absolute Gasteiger partial charge is 0.416 e. The summed E-state index contributed by atoms with van der Waals surface area (Å²) in [6.45, 7) is 3.60. The van der Waals surface area contributed by atoms with Crippen LogP contribution in [0.25, 0.3) is 0 Å². The molecule has 0 saturated carbocycles. The van der Waals surface area contributed by atoms with Gasteiger partial charge < -0.3 is 19.6 Å². The second-order valence-electron chi connectivity index (χ2n) is 11.5. The number of ether oxygens (including phenoxy) is 1. The van der Waals surface area contributed by atoms with Crippen LogP contribution in [0.15, 0.2) is 35.7 Å². The number of carbonyl (C=O) groups excluding carboxylic acids is 1. The van der Waals surface area contributed by atoms with Crippen molar-refractivity contribution in [3.05, 3.63) is 52.8 Å². The lowest BCUT2D eigenvalue weighted by Crippen LogP contribution is -2.57. The fraction of sp³-hybridized carbons (Fsp3) is 0.567. The Kier molecular flexibility index (Phi) is 10.7. The molecular formula is C30H36F6N6O4. The van der Waals surface area contributed by atoms with Crippen LogP contribution in [0.1, 0.15) is 74.1 Å². The van der Waals surface area contributed by atoms with Crippen molar-refractivity contribution in [1.29, 1.82) is 0 Å². The minimum Gasteiger partial charge on any atom is -0.481 e. The number of halogens is 6. The number of aliphatic carboxylic acids is 1. The molecule has 1 amide bonds. The van der Waals surface area contributed by atoms with Gasteiger partial charge in [-0.25, -0.2) is 14.8 Å². The highest BCUT2D eigenvalue weighted by molar-refractivity contribution is 5.71. The Hall–Kier alpha value is -4.11. The molecule has 1 aromatic heterocycles. The number of likely N-dealkylation sites (tertiary alicyclic amines) is 1. The molecule has 252 valence electrons. The van der Waals surface area contributed by atoms with Gasteiger partial charge in [0.1, 0.15) is 6.61 Å². The van der Waals surface area contributed by atoms with Gasteiger partial charge in [-0.3, -0.25) is 9.80 Å². The summed E-state index contributed by atoms with van der Waals surface area (Å²) in [6, 6.07) is 0.177. The number of carboxylic acid groups (broad SMARTS) is 1. The summed E-state index contributed by atoms with van der Waals surface area (Å²) in [5, 5.41) is 14.9. The molecule has 3 heterocycles. The number of nitrogens with zero attached hydrogens (tertiary/aromatic N) is 6. The topological polar surface area (TPSA) is 111 Å². The molecule has 1 N–H and O–H groups in total. The molecule has 2 aromatic rings. The van der Waals surface area contributed by atoms with Gasteiger partial charge in [0.15, 0.2) is 0 Å². The summed E-state index contributed by atoms with van der Waals surface area (Å²) >= 11 is 0. The number of hydrogen-bond donors (Lipinski definition) is 1. The number of anilines is 1. The van der Waals surface area contributed by atoms with Gasteiger partial charge in [0.25, 0.3) is 0 Å². The minimum absolute atomic E-state index is 0.0883. The number of carbonyl (C=O) groups is 2. The number of hydrogen-bond acceptors (Lipinski definition) is 8. The molecule has 16 heteroatoms. The highest BCUT2D eigenvalue weighted by atomic mass is 19.4. The predicted octanol–water partition coefficient (Wildman–Crippen LogP) is 6.17. The summed E-state index contributed by atoms with van der Waals surface area (Å²) in [6.07, 6.45) is -4.68. The number of piperidine rings is 1. The van der Waals surface area contributed by atoms with Crippen LogP contribution in [0.5, 0.6) is 0 Å². The average Bonchev–Trinajstić information content (AvgIpc) is 3.44. The lowest BCUT2D eigenvalue weighted by atomic mass is 9.87. The lowest BCUT2D eigenvalue weighted by molar-refractivity contribution is -0.143. The Balaban J connectivity index is 1.71. The van der Waals surface area contributed by atoms with Gasteiger partial charge in [-0.1, -0.05) is 13.8 Å². The first kappa shape index (κ1) is 34.8. The monoisotopic (exact) mass is 658 g/mol. The molecule has 0 spiro atoms. The van der Waals surface area contributed by atoms with Gasteiger partial charge in [0.2, 0.25) is 5.95 Å². The van der Waals surface area contributed by atoms with Crippen molar-refractivity contribution in [3.8, 4) is 0 Å². The zero-order valence-corrected chi connectivity index (χ0v) is 25.6. The van der Waals surface area contributed by atoms with Crippen LogP contribution in [0, 0.1) is 0 Å². The molecule has 2 aliphatic rings. The summed E-state index contributed by atoms with van der Waals surface area (Å²) in [4.78, 5) is 36.1. The van der Waals surface area contributed by atoms with Crippen LogP contribution in [0.3, 0.4) is 0 Å². The van der Waals surface area contributed by atoms with E-state index in [1.807, 2.05) is 13.8 Å². The fourth-order valence-corrected chi connectivity index (χ4v) is 5.94. The summed E-state index contributed by atoms with van der Waals surface area (Å²) in [5.74, 6) is -1.09. The van der Waals surface area contributed by atoms with Crippen molar-refractivity contribution >= 4 is 24.2 Å². The third kappa shape index (κ3) is 8.37. The van der Waals surface area contributed by atoms with E-state index in [-0.39, 0.29) is 55.9 Å². The number of hydrazone groups is 1. The van der Waals surface area contributed by atoms with E-state index in [9.17, 15) is 35.9 Å². The molecule has 10 nitrogen and oxygen atoms in total. The standard InChI is InChI=1S/C30H36F6N6O4/c1-4-23-11-25(12-24(5-2)42(23)28(45)46-7-6-26(43)44)41(27-37-13-19(14-38-27)20-15-39-40(3)17-20)16-18-8-21(29(31,32)33)10-22(9-18)30(34,35)36/h8-10,13-15,20,23-25H,4-7,11-12,16-17H2,1-3H3,(H,43,44)/t20?,23-,24+,25?. The second-order valence-corrected chi connectivity index (χ2v) is 11.5. The molecule has 1 aromatic carbocycles. The maximum Gasteiger partial charge on any atom is 0.416 e. The SMILES string of the molecule is CC[C@@H]1CC(N(Cc2cc(C(F)(F)F)cc(C(F)(F)F)c2)c2ncc(C3C=NN(C)C3)cn2)C[C@H](CC)N1C(=O)OCCC(=O)O. The van der Waals surface area contributed by atoms with E-state index in [0.29, 0.717) is 31.5 Å². The number of amides is 1. The number of carboxylic acids is 1. The third-order valence-corrected chi connectivity index (χ3v) is 8.26. The van der Waals surface area contributed by atoms with Gasteiger partial charge in [-0.2, -0.15) is 31.4 Å². The van der Waals surface area contributed by atoms with Gasteiger partial charge in [-0.05, 0) is 55.0 Å². The minimum atomic E-state index is -5.01. The van der Waals surface area contributed by atoms with Crippen LogP contribution >= 0.6 is 0 Å². The number of benzene rings is 1. The van der Waals surface area contributed by atoms with E-state index in [1.165, 1.54) is 0 Å². The maximum atomic E-state index is 13.7. The van der Waals surface area contributed by atoms with Crippen LogP contribution in [-0.2, 0) is 28.4 Å². The van der Waals surface area contributed by atoms with Crippen LogP contribution in [-0.4, -0.2) is 81.6 Å². The lowest BCUT2D eigenvalue weighted by Gasteiger charge is -2.47. The molecule has 4 rings (SSSR count). The number of rotatable bonds is 10. The number of alkyl halides is 6. The largest absolute Gasteiger partial charge is 0.481 e. The Bertz CT molecular complexity index is 1360. The Morgan fingerprint density at radius 1 is 0.978 bits per heavy atom. The molecule has 46 heavy (non-hydrogen) atoms. The second kappa shape index (κ2) is 14.1. The predicted molar refractivity (Wildman–Crippen MR) is 155 cm³/mol. The molecule has 0 bridgehead atoms. The van der Waals surface area contributed by atoms with E-state index < -0.39 is 53.7 Å². The molecule has 4 atom stereocenters. The van der Waals surface area contributed by atoms with E-state index >= 15 is 0 Å². The number of aromatic nitrogens is 2. The van der Waals surface area contributed by atoms with E-state index in [2.05, 4.69) is 15.1 Å². The van der Waals surface area contributed by atoms with E-state index in [1.54, 1.807) is 40.5 Å². The highest BCUT2D eigenvalue weighted by Gasteiger charge is 2.42. The Morgan fingerprint density at radius 3 is 2.00 bits per heavy atom. The maximum absolute atomic E-state index is 13.7. The molecule has 2 unspecified atom stereocenters.